The second-order valence-electron chi connectivity index (χ2n) is 7.59. The van der Waals surface area contributed by atoms with Crippen molar-refractivity contribution in [1.82, 2.24) is 0 Å². The third-order valence-corrected chi connectivity index (χ3v) is 5.75. The van der Waals surface area contributed by atoms with Crippen LogP contribution in [0.4, 0.5) is 11.4 Å². The number of para-hydroxylation sites is 2. The summed E-state index contributed by atoms with van der Waals surface area (Å²) in [5, 5.41) is 11.4. The van der Waals surface area contributed by atoms with E-state index in [1.807, 2.05) is 18.2 Å². The van der Waals surface area contributed by atoms with Gasteiger partial charge in [-0.2, -0.15) is 0 Å². The van der Waals surface area contributed by atoms with Crippen molar-refractivity contribution < 1.29 is 19.2 Å². The molecule has 2 aromatic rings. The number of nitrogens with zero attached hydrogens (tertiary/aromatic N) is 2. The van der Waals surface area contributed by atoms with Crippen LogP contribution in [0.15, 0.2) is 42.5 Å². The van der Waals surface area contributed by atoms with Crippen molar-refractivity contribution in [1.29, 1.82) is 0 Å². The highest BCUT2D eigenvalue weighted by Crippen LogP contribution is 2.39. The van der Waals surface area contributed by atoms with E-state index >= 15 is 0 Å². The first kappa shape index (κ1) is 19.2. The average molecular weight is 396 g/mol. The van der Waals surface area contributed by atoms with Gasteiger partial charge < -0.3 is 14.4 Å². The molecule has 7 heteroatoms. The molecule has 1 saturated carbocycles. The van der Waals surface area contributed by atoms with Crippen LogP contribution in [0.3, 0.4) is 0 Å². The lowest BCUT2D eigenvalue weighted by Gasteiger charge is -2.19. The lowest BCUT2D eigenvalue weighted by atomic mass is 9.98. The van der Waals surface area contributed by atoms with E-state index in [0.717, 1.165) is 18.4 Å². The number of hydrogen-bond acceptors (Lipinski definition) is 5. The lowest BCUT2D eigenvalue weighted by molar-refractivity contribution is -0.384. The maximum atomic E-state index is 12.7. The molecule has 1 aliphatic heterocycles. The average Bonchev–Trinajstić information content (AvgIpc) is 3.37. The van der Waals surface area contributed by atoms with Gasteiger partial charge in [-0.1, -0.05) is 18.2 Å². The Kier molecular flexibility index (Phi) is 5.38. The third kappa shape index (κ3) is 3.90. The summed E-state index contributed by atoms with van der Waals surface area (Å²) in [6.07, 6.45) is 4.94. The molecule has 1 heterocycles. The number of rotatable bonds is 6. The van der Waals surface area contributed by atoms with Gasteiger partial charge in [-0.25, -0.2) is 0 Å². The zero-order valence-electron chi connectivity index (χ0n) is 16.4. The minimum absolute atomic E-state index is 0.0542. The fraction of sp³-hybridized carbons (Fsp3) is 0.409. The van der Waals surface area contributed by atoms with Crippen LogP contribution in [0.2, 0.25) is 0 Å². The summed E-state index contributed by atoms with van der Waals surface area (Å²) in [5.41, 5.74) is 1.27. The Morgan fingerprint density at radius 3 is 2.59 bits per heavy atom. The van der Waals surface area contributed by atoms with Gasteiger partial charge in [-0.15, -0.1) is 0 Å². The molecule has 1 amide bonds. The van der Waals surface area contributed by atoms with Crippen molar-refractivity contribution in [2.75, 3.05) is 18.6 Å². The standard InChI is InChI=1S/C22H24N2O5/c1-28-20-11-10-15(12-21(20)29-17-6-2-3-7-17)16-13-22(25)23(14-16)18-8-4-5-9-19(18)24(26)27/h4-5,8-12,16-17H,2-3,6-7,13-14H2,1H3. The topological polar surface area (TPSA) is 81.9 Å². The first-order chi connectivity index (χ1) is 14.1. The molecule has 2 aliphatic rings. The summed E-state index contributed by atoms with van der Waals surface area (Å²) in [6, 6.07) is 12.1. The van der Waals surface area contributed by atoms with Crippen LogP contribution < -0.4 is 14.4 Å². The molecule has 4 rings (SSSR count). The number of methoxy groups -OCH3 is 1. The van der Waals surface area contributed by atoms with Gasteiger partial charge >= 0.3 is 0 Å². The van der Waals surface area contributed by atoms with Crippen molar-refractivity contribution in [2.24, 2.45) is 0 Å². The van der Waals surface area contributed by atoms with E-state index in [2.05, 4.69) is 0 Å². The van der Waals surface area contributed by atoms with Crippen molar-refractivity contribution in [2.45, 2.75) is 44.1 Å². The maximum absolute atomic E-state index is 12.7. The molecular weight excluding hydrogens is 372 g/mol. The highest BCUT2D eigenvalue weighted by molar-refractivity contribution is 5.98. The van der Waals surface area contributed by atoms with E-state index in [-0.39, 0.29) is 23.6 Å². The number of carbonyl (C=O) groups excluding carboxylic acids is 1. The normalized spacial score (nSPS) is 19.6. The van der Waals surface area contributed by atoms with E-state index in [9.17, 15) is 14.9 Å². The molecule has 7 nitrogen and oxygen atoms in total. The molecule has 1 saturated heterocycles. The van der Waals surface area contributed by atoms with Crippen LogP contribution in [-0.2, 0) is 4.79 Å². The van der Waals surface area contributed by atoms with Crippen molar-refractivity contribution in [3.63, 3.8) is 0 Å². The number of nitro groups is 1. The molecule has 0 N–H and O–H groups in total. The van der Waals surface area contributed by atoms with Crippen LogP contribution in [-0.4, -0.2) is 30.6 Å². The molecule has 1 aliphatic carbocycles. The Bertz CT molecular complexity index is 923. The molecule has 0 aromatic heterocycles. The molecule has 1 atom stereocenters. The number of anilines is 1. The number of hydrogen-bond donors (Lipinski definition) is 0. The first-order valence-corrected chi connectivity index (χ1v) is 9.95. The van der Waals surface area contributed by atoms with E-state index in [1.54, 1.807) is 25.3 Å². The van der Waals surface area contributed by atoms with Gasteiger partial charge in [-0.05, 0) is 49.4 Å². The summed E-state index contributed by atoms with van der Waals surface area (Å²) in [6.45, 7) is 0.402. The van der Waals surface area contributed by atoms with Crippen LogP contribution >= 0.6 is 0 Å². The molecule has 0 spiro atoms. The van der Waals surface area contributed by atoms with Gasteiger partial charge in [0.25, 0.3) is 5.69 Å². The van der Waals surface area contributed by atoms with E-state index in [1.165, 1.54) is 23.8 Å². The minimum Gasteiger partial charge on any atom is -0.493 e. The van der Waals surface area contributed by atoms with Gasteiger partial charge in [0.05, 0.1) is 18.1 Å². The molecule has 1 unspecified atom stereocenters. The highest BCUT2D eigenvalue weighted by atomic mass is 16.6. The van der Waals surface area contributed by atoms with E-state index in [0.29, 0.717) is 30.2 Å². The van der Waals surface area contributed by atoms with Crippen molar-refractivity contribution in [3.05, 3.63) is 58.1 Å². The number of nitro benzene ring substituents is 1. The second kappa shape index (κ2) is 8.11. The number of carbonyl (C=O) groups is 1. The predicted octanol–water partition coefficient (Wildman–Crippen LogP) is 4.45. The molecule has 29 heavy (non-hydrogen) atoms. The van der Waals surface area contributed by atoms with Gasteiger partial charge in [0, 0.05) is 24.9 Å². The second-order valence-corrected chi connectivity index (χ2v) is 7.59. The maximum Gasteiger partial charge on any atom is 0.292 e. The van der Waals surface area contributed by atoms with Crippen molar-refractivity contribution >= 4 is 17.3 Å². The summed E-state index contributed by atoms with van der Waals surface area (Å²) in [4.78, 5) is 25.1. The van der Waals surface area contributed by atoms with E-state index in [4.69, 9.17) is 9.47 Å². The summed E-state index contributed by atoms with van der Waals surface area (Å²) in [5.74, 6) is 1.21. The fourth-order valence-electron chi connectivity index (χ4n) is 4.24. The number of ether oxygens (including phenoxy) is 2. The Morgan fingerprint density at radius 1 is 1.10 bits per heavy atom. The molecule has 2 fully saturated rings. The number of benzene rings is 2. The summed E-state index contributed by atoms with van der Waals surface area (Å²) < 4.78 is 11.6. The van der Waals surface area contributed by atoms with Gasteiger partial charge in [0.2, 0.25) is 5.91 Å². The monoisotopic (exact) mass is 396 g/mol. The largest absolute Gasteiger partial charge is 0.493 e. The van der Waals surface area contributed by atoms with Gasteiger partial charge in [0.1, 0.15) is 5.69 Å². The Balaban J connectivity index is 1.58. The van der Waals surface area contributed by atoms with Gasteiger partial charge in [0.15, 0.2) is 11.5 Å². The molecular formula is C22H24N2O5. The highest BCUT2D eigenvalue weighted by Gasteiger charge is 2.35. The molecule has 152 valence electrons. The van der Waals surface area contributed by atoms with Crippen molar-refractivity contribution in [3.8, 4) is 11.5 Å². The molecule has 2 aromatic carbocycles. The van der Waals surface area contributed by atoms with Crippen LogP contribution in [0.25, 0.3) is 0 Å². The van der Waals surface area contributed by atoms with E-state index < -0.39 is 4.92 Å². The zero-order chi connectivity index (χ0) is 20.4. The smallest absolute Gasteiger partial charge is 0.292 e. The third-order valence-electron chi connectivity index (χ3n) is 5.75. The predicted molar refractivity (Wildman–Crippen MR) is 109 cm³/mol. The summed E-state index contributed by atoms with van der Waals surface area (Å²) >= 11 is 0. The van der Waals surface area contributed by atoms with Crippen LogP contribution in [0.1, 0.15) is 43.6 Å². The summed E-state index contributed by atoms with van der Waals surface area (Å²) in [7, 11) is 1.62. The fourth-order valence-corrected chi connectivity index (χ4v) is 4.24. The zero-order valence-corrected chi connectivity index (χ0v) is 16.4. The quantitative estimate of drug-likeness (QED) is 0.532. The molecule has 0 radical (unpaired) electrons. The van der Waals surface area contributed by atoms with Crippen LogP contribution in [0.5, 0.6) is 11.5 Å². The molecule has 0 bridgehead atoms. The van der Waals surface area contributed by atoms with Crippen LogP contribution in [0, 0.1) is 10.1 Å². The Hall–Kier alpha value is -3.09. The SMILES string of the molecule is COc1ccc(C2CC(=O)N(c3ccccc3[N+](=O)[O-])C2)cc1OC1CCCC1. The Labute approximate surface area is 169 Å². The number of amides is 1. The minimum atomic E-state index is -0.448. The lowest BCUT2D eigenvalue weighted by Crippen LogP contribution is -2.25. The van der Waals surface area contributed by atoms with Gasteiger partial charge in [-0.3, -0.25) is 14.9 Å². The Morgan fingerprint density at radius 2 is 1.86 bits per heavy atom. The first-order valence-electron chi connectivity index (χ1n) is 9.95.